The Hall–Kier alpha value is -0.710. The van der Waals surface area contributed by atoms with Crippen molar-refractivity contribution in [1.82, 2.24) is 0 Å². The Kier molecular flexibility index (Phi) is 4.77. The highest BCUT2D eigenvalue weighted by molar-refractivity contribution is 7.86. The summed E-state index contributed by atoms with van der Waals surface area (Å²) in [5, 5.41) is 11.2. The number of benzene rings is 1. The van der Waals surface area contributed by atoms with E-state index in [1.165, 1.54) is 5.56 Å². The SMILES string of the molecule is O=S1C2CCC1CC(O)(CCCOCc1ccccc1)C2. The molecule has 2 saturated heterocycles. The molecule has 0 spiro atoms. The highest BCUT2D eigenvalue weighted by Gasteiger charge is 2.47. The quantitative estimate of drug-likeness (QED) is 0.822. The summed E-state index contributed by atoms with van der Waals surface area (Å²) in [7, 11) is -0.690. The van der Waals surface area contributed by atoms with Crippen molar-refractivity contribution in [1.29, 1.82) is 0 Å². The largest absolute Gasteiger partial charge is 0.390 e. The van der Waals surface area contributed by atoms with Gasteiger partial charge >= 0.3 is 0 Å². The van der Waals surface area contributed by atoms with Gasteiger partial charge in [0.2, 0.25) is 0 Å². The van der Waals surface area contributed by atoms with E-state index < -0.39 is 16.4 Å². The highest BCUT2D eigenvalue weighted by atomic mass is 32.2. The van der Waals surface area contributed by atoms with E-state index >= 15 is 0 Å². The molecule has 2 bridgehead atoms. The van der Waals surface area contributed by atoms with Gasteiger partial charge in [-0.25, -0.2) is 0 Å². The molecule has 0 aromatic heterocycles. The fourth-order valence-corrected chi connectivity index (χ4v) is 5.88. The molecule has 2 unspecified atom stereocenters. The zero-order chi connectivity index (χ0) is 14.7. The topological polar surface area (TPSA) is 46.5 Å². The first-order chi connectivity index (χ1) is 10.2. The first-order valence-corrected chi connectivity index (χ1v) is 9.17. The predicted octanol–water partition coefficient (Wildman–Crippen LogP) is 2.79. The van der Waals surface area contributed by atoms with Crippen LogP contribution in [-0.4, -0.2) is 32.0 Å². The standard InChI is InChI=1S/C17H24O3S/c18-17(11-15-7-8-16(12-17)21(15)19)9-4-10-20-13-14-5-2-1-3-6-14/h1-3,5-6,15-16,18H,4,7-13H2. The minimum Gasteiger partial charge on any atom is -0.390 e. The molecule has 4 heteroatoms. The van der Waals surface area contributed by atoms with Gasteiger partial charge in [0, 0.05) is 27.9 Å². The molecule has 0 aliphatic carbocycles. The zero-order valence-electron chi connectivity index (χ0n) is 12.4. The summed E-state index contributed by atoms with van der Waals surface area (Å²) < 4.78 is 17.7. The van der Waals surface area contributed by atoms with Crippen molar-refractivity contribution >= 4 is 10.8 Å². The Morgan fingerprint density at radius 3 is 2.52 bits per heavy atom. The van der Waals surface area contributed by atoms with E-state index in [1.807, 2.05) is 18.2 Å². The summed E-state index contributed by atoms with van der Waals surface area (Å²) in [4.78, 5) is 0. The maximum Gasteiger partial charge on any atom is 0.0716 e. The minimum atomic E-state index is -0.690. The molecule has 3 nitrogen and oxygen atoms in total. The Morgan fingerprint density at radius 1 is 1.19 bits per heavy atom. The van der Waals surface area contributed by atoms with E-state index in [0.717, 1.165) is 38.5 Å². The second kappa shape index (κ2) is 6.59. The molecule has 3 rings (SSSR count). The van der Waals surface area contributed by atoms with E-state index in [-0.39, 0.29) is 10.5 Å². The van der Waals surface area contributed by atoms with Crippen molar-refractivity contribution in [3.05, 3.63) is 35.9 Å². The van der Waals surface area contributed by atoms with Gasteiger partial charge in [-0.1, -0.05) is 30.3 Å². The molecular weight excluding hydrogens is 284 g/mol. The molecule has 2 aliphatic heterocycles. The lowest BCUT2D eigenvalue weighted by Gasteiger charge is -2.35. The molecule has 0 radical (unpaired) electrons. The van der Waals surface area contributed by atoms with Crippen LogP contribution in [0.1, 0.15) is 44.1 Å². The number of ether oxygens (including phenoxy) is 1. The number of aliphatic hydroxyl groups is 1. The van der Waals surface area contributed by atoms with Gasteiger partial charge in [0.05, 0.1) is 12.2 Å². The van der Waals surface area contributed by atoms with Crippen LogP contribution in [0, 0.1) is 0 Å². The van der Waals surface area contributed by atoms with Crippen LogP contribution in [-0.2, 0) is 22.1 Å². The fourth-order valence-electron chi connectivity index (χ4n) is 3.65. The maximum atomic E-state index is 12.0. The van der Waals surface area contributed by atoms with Crippen LogP contribution in [0.25, 0.3) is 0 Å². The van der Waals surface area contributed by atoms with E-state index in [9.17, 15) is 9.32 Å². The second-order valence-electron chi connectivity index (χ2n) is 6.42. The Balaban J connectivity index is 1.38. The molecule has 2 heterocycles. The summed E-state index contributed by atoms with van der Waals surface area (Å²) in [6.45, 7) is 1.31. The lowest BCUT2D eigenvalue weighted by Crippen LogP contribution is -2.42. The number of fused-ring (bicyclic) bond motifs is 2. The number of hydrogen-bond acceptors (Lipinski definition) is 3. The molecule has 1 aromatic rings. The van der Waals surface area contributed by atoms with Crippen LogP contribution < -0.4 is 0 Å². The molecule has 2 fully saturated rings. The monoisotopic (exact) mass is 308 g/mol. The van der Waals surface area contributed by atoms with Crippen LogP contribution in [0.2, 0.25) is 0 Å². The summed E-state index contributed by atoms with van der Waals surface area (Å²) in [6, 6.07) is 10.1. The third-order valence-electron chi connectivity index (χ3n) is 4.73. The van der Waals surface area contributed by atoms with Gasteiger partial charge in [-0.2, -0.15) is 0 Å². The molecule has 0 saturated carbocycles. The van der Waals surface area contributed by atoms with E-state index in [4.69, 9.17) is 4.74 Å². The van der Waals surface area contributed by atoms with Crippen LogP contribution in [0.5, 0.6) is 0 Å². The molecular formula is C17H24O3S. The summed E-state index contributed by atoms with van der Waals surface area (Å²) in [5.74, 6) is 0. The molecule has 1 aromatic carbocycles. The van der Waals surface area contributed by atoms with Gasteiger partial charge in [-0.05, 0) is 44.1 Å². The third kappa shape index (κ3) is 3.74. The lowest BCUT2D eigenvalue weighted by atomic mass is 9.89. The Labute approximate surface area is 129 Å². The molecule has 2 aliphatic rings. The molecule has 2 atom stereocenters. The predicted molar refractivity (Wildman–Crippen MR) is 84.5 cm³/mol. The Bertz CT molecular complexity index is 472. The van der Waals surface area contributed by atoms with Crippen molar-refractivity contribution in [2.24, 2.45) is 0 Å². The van der Waals surface area contributed by atoms with Crippen LogP contribution >= 0.6 is 0 Å². The van der Waals surface area contributed by atoms with Gasteiger partial charge in [0.25, 0.3) is 0 Å². The molecule has 116 valence electrons. The second-order valence-corrected chi connectivity index (χ2v) is 8.41. The Morgan fingerprint density at radius 2 is 1.86 bits per heavy atom. The van der Waals surface area contributed by atoms with Crippen molar-refractivity contribution < 1.29 is 14.1 Å². The zero-order valence-corrected chi connectivity index (χ0v) is 13.2. The van der Waals surface area contributed by atoms with E-state index in [1.54, 1.807) is 0 Å². The average molecular weight is 308 g/mol. The van der Waals surface area contributed by atoms with Crippen LogP contribution in [0.4, 0.5) is 0 Å². The van der Waals surface area contributed by atoms with Crippen molar-refractivity contribution in [2.45, 2.75) is 61.2 Å². The molecule has 1 N–H and O–H groups in total. The fraction of sp³-hybridized carbons (Fsp3) is 0.647. The smallest absolute Gasteiger partial charge is 0.0716 e. The van der Waals surface area contributed by atoms with E-state index in [2.05, 4.69) is 12.1 Å². The molecule has 21 heavy (non-hydrogen) atoms. The van der Waals surface area contributed by atoms with Crippen LogP contribution in [0.3, 0.4) is 0 Å². The maximum absolute atomic E-state index is 12.0. The normalized spacial score (nSPS) is 35.0. The van der Waals surface area contributed by atoms with Gasteiger partial charge < -0.3 is 9.84 Å². The van der Waals surface area contributed by atoms with Gasteiger partial charge in [-0.3, -0.25) is 4.21 Å². The van der Waals surface area contributed by atoms with Crippen molar-refractivity contribution in [3.63, 3.8) is 0 Å². The van der Waals surface area contributed by atoms with Gasteiger partial charge in [-0.15, -0.1) is 0 Å². The first-order valence-electron chi connectivity index (χ1n) is 7.90. The minimum absolute atomic E-state index is 0.235. The van der Waals surface area contributed by atoms with E-state index in [0.29, 0.717) is 13.2 Å². The number of rotatable bonds is 6. The summed E-state index contributed by atoms with van der Waals surface area (Å²) >= 11 is 0. The average Bonchev–Trinajstić information content (AvgIpc) is 2.72. The lowest BCUT2D eigenvalue weighted by molar-refractivity contribution is 0.00283. The van der Waals surface area contributed by atoms with Crippen molar-refractivity contribution in [2.75, 3.05) is 6.61 Å². The van der Waals surface area contributed by atoms with Gasteiger partial charge in [0.15, 0.2) is 0 Å². The molecule has 0 amide bonds. The van der Waals surface area contributed by atoms with Crippen molar-refractivity contribution in [3.8, 4) is 0 Å². The van der Waals surface area contributed by atoms with Crippen LogP contribution in [0.15, 0.2) is 30.3 Å². The summed E-state index contributed by atoms with van der Waals surface area (Å²) in [6.07, 6.45) is 5.14. The third-order valence-corrected chi connectivity index (χ3v) is 6.84. The summed E-state index contributed by atoms with van der Waals surface area (Å²) in [5.41, 5.74) is 0.581. The van der Waals surface area contributed by atoms with Gasteiger partial charge in [0.1, 0.15) is 0 Å². The first kappa shape index (κ1) is 15.2. The number of hydrogen-bond donors (Lipinski definition) is 1. The highest BCUT2D eigenvalue weighted by Crippen LogP contribution is 2.42.